The number of anilines is 1. The number of aromatic nitrogens is 2. The zero-order chi connectivity index (χ0) is 24.9. The highest BCUT2D eigenvalue weighted by atomic mass is 35.5. The number of carbonyl (C=O) groups excluding carboxylic acids is 1. The van der Waals surface area contributed by atoms with Crippen molar-refractivity contribution < 1.29 is 9.53 Å². The van der Waals surface area contributed by atoms with Crippen LogP contribution in [0.5, 0.6) is 5.75 Å². The van der Waals surface area contributed by atoms with Crippen molar-refractivity contribution in [1.82, 2.24) is 9.55 Å². The molecule has 178 valence electrons. The quantitative estimate of drug-likeness (QED) is 0.282. The summed E-state index contributed by atoms with van der Waals surface area (Å²) in [6.45, 7) is 6.22. The number of hydrogen-bond donors (Lipinski definition) is 0. The summed E-state index contributed by atoms with van der Waals surface area (Å²) in [5.41, 5.74) is 4.85. The summed E-state index contributed by atoms with van der Waals surface area (Å²) >= 11 is 12.5. The Morgan fingerprint density at radius 2 is 1.71 bits per heavy atom. The molecule has 0 saturated heterocycles. The number of carbonyl (C=O) groups is 1. The van der Waals surface area contributed by atoms with Gasteiger partial charge in [0.25, 0.3) is 5.91 Å². The molecule has 5 rings (SSSR count). The number of nitrogens with zero attached hydrogens (tertiary/aromatic N) is 3. The van der Waals surface area contributed by atoms with Crippen LogP contribution in [-0.4, -0.2) is 22.6 Å². The lowest BCUT2D eigenvalue weighted by Gasteiger charge is -2.28. The maximum absolute atomic E-state index is 13.9. The molecule has 1 atom stereocenters. The fourth-order valence-corrected chi connectivity index (χ4v) is 5.08. The molecular formula is C28H25Cl2N3O2. The molecule has 1 aliphatic rings. The predicted molar refractivity (Wildman–Crippen MR) is 141 cm³/mol. The van der Waals surface area contributed by atoms with Crippen LogP contribution in [0.1, 0.15) is 53.2 Å². The van der Waals surface area contributed by atoms with Crippen molar-refractivity contribution in [2.45, 2.75) is 32.9 Å². The highest BCUT2D eigenvalue weighted by molar-refractivity contribution is 6.31. The van der Waals surface area contributed by atoms with Crippen molar-refractivity contribution in [2.75, 3.05) is 12.0 Å². The molecule has 0 spiro atoms. The van der Waals surface area contributed by atoms with Gasteiger partial charge in [0.2, 0.25) is 0 Å². The minimum Gasteiger partial charge on any atom is -0.496 e. The molecule has 1 unspecified atom stereocenters. The third kappa shape index (κ3) is 3.99. The van der Waals surface area contributed by atoms with Gasteiger partial charge in [0.15, 0.2) is 5.69 Å². The molecule has 7 heteroatoms. The Morgan fingerprint density at radius 3 is 2.37 bits per heavy atom. The van der Waals surface area contributed by atoms with Gasteiger partial charge in [-0.3, -0.25) is 9.69 Å². The van der Waals surface area contributed by atoms with E-state index in [-0.39, 0.29) is 11.9 Å². The lowest BCUT2D eigenvalue weighted by atomic mass is 10.0. The number of rotatable bonds is 5. The van der Waals surface area contributed by atoms with Crippen LogP contribution in [0.2, 0.25) is 10.0 Å². The predicted octanol–water partition coefficient (Wildman–Crippen LogP) is 7.50. The SMILES string of the molecule is COc1ccc(C)cc1-c1nc2c(n1C(C)C)C(c1ccc(Cl)cc1)N(c1cccc(Cl)c1)C2=O. The molecule has 0 bridgehead atoms. The monoisotopic (exact) mass is 505 g/mol. The van der Waals surface area contributed by atoms with Crippen LogP contribution in [0.3, 0.4) is 0 Å². The third-order valence-corrected chi connectivity index (χ3v) is 6.76. The van der Waals surface area contributed by atoms with Crippen LogP contribution in [0, 0.1) is 6.92 Å². The summed E-state index contributed by atoms with van der Waals surface area (Å²) in [5.74, 6) is 1.25. The first-order chi connectivity index (χ1) is 16.8. The van der Waals surface area contributed by atoms with Gasteiger partial charge in [0, 0.05) is 21.8 Å². The summed E-state index contributed by atoms with van der Waals surface area (Å²) in [4.78, 5) is 20.7. The zero-order valence-electron chi connectivity index (χ0n) is 19.9. The van der Waals surface area contributed by atoms with Gasteiger partial charge >= 0.3 is 0 Å². The van der Waals surface area contributed by atoms with E-state index < -0.39 is 6.04 Å². The minimum atomic E-state index is -0.396. The second-order valence-corrected chi connectivity index (χ2v) is 9.82. The molecule has 4 aromatic rings. The van der Waals surface area contributed by atoms with E-state index in [9.17, 15) is 4.79 Å². The average Bonchev–Trinajstić information content (AvgIpc) is 3.35. The van der Waals surface area contributed by atoms with Crippen molar-refractivity contribution in [3.05, 3.63) is 99.3 Å². The van der Waals surface area contributed by atoms with Crippen molar-refractivity contribution in [2.24, 2.45) is 0 Å². The minimum absolute atomic E-state index is 0.0355. The van der Waals surface area contributed by atoms with Crippen LogP contribution in [0.25, 0.3) is 11.4 Å². The fourth-order valence-electron chi connectivity index (χ4n) is 4.77. The second-order valence-electron chi connectivity index (χ2n) is 8.95. The van der Waals surface area contributed by atoms with Crippen molar-refractivity contribution in [3.8, 4) is 17.1 Å². The molecule has 35 heavy (non-hydrogen) atoms. The van der Waals surface area contributed by atoms with E-state index in [0.717, 1.165) is 22.4 Å². The van der Waals surface area contributed by atoms with Crippen LogP contribution in [0.15, 0.2) is 66.7 Å². The first-order valence-electron chi connectivity index (χ1n) is 11.4. The number of benzene rings is 3. The van der Waals surface area contributed by atoms with Gasteiger partial charge in [-0.15, -0.1) is 0 Å². The number of imidazole rings is 1. The Labute approximate surface area is 214 Å². The number of halogens is 2. The third-order valence-electron chi connectivity index (χ3n) is 6.27. The van der Waals surface area contributed by atoms with Crippen LogP contribution >= 0.6 is 23.2 Å². The first-order valence-corrected chi connectivity index (χ1v) is 12.2. The Balaban J connectivity index is 1.79. The molecular weight excluding hydrogens is 481 g/mol. The molecule has 0 radical (unpaired) electrons. The standard InChI is InChI=1S/C28H25Cl2N3O2/c1-16(2)32-26-24(31-27(32)22-14-17(3)8-13-23(22)35-4)28(34)33(21-7-5-6-20(30)15-21)25(26)18-9-11-19(29)12-10-18/h5-16,25H,1-4H3. The summed E-state index contributed by atoms with van der Waals surface area (Å²) in [7, 11) is 1.65. The smallest absolute Gasteiger partial charge is 0.279 e. The van der Waals surface area contributed by atoms with Gasteiger partial charge in [0.1, 0.15) is 17.6 Å². The summed E-state index contributed by atoms with van der Waals surface area (Å²) in [6.07, 6.45) is 0. The topological polar surface area (TPSA) is 47.4 Å². The summed E-state index contributed by atoms with van der Waals surface area (Å²) < 4.78 is 7.81. The summed E-state index contributed by atoms with van der Waals surface area (Å²) in [6, 6.07) is 20.6. The molecule has 3 aromatic carbocycles. The molecule has 5 nitrogen and oxygen atoms in total. The number of ether oxygens (including phenoxy) is 1. The zero-order valence-corrected chi connectivity index (χ0v) is 21.4. The van der Waals surface area contributed by atoms with E-state index in [1.54, 1.807) is 24.1 Å². The number of fused-ring (bicyclic) bond motifs is 1. The van der Waals surface area contributed by atoms with Gasteiger partial charge in [-0.05, 0) is 68.8 Å². The maximum atomic E-state index is 13.9. The number of hydrogen-bond acceptors (Lipinski definition) is 3. The van der Waals surface area contributed by atoms with Gasteiger partial charge in [0.05, 0.1) is 18.4 Å². The molecule has 0 aliphatic carbocycles. The molecule has 1 aliphatic heterocycles. The molecule has 0 saturated carbocycles. The van der Waals surface area contributed by atoms with E-state index in [1.165, 1.54) is 0 Å². The van der Waals surface area contributed by atoms with Crippen molar-refractivity contribution in [3.63, 3.8) is 0 Å². The Hall–Kier alpha value is -3.28. The van der Waals surface area contributed by atoms with Gasteiger partial charge < -0.3 is 9.30 Å². The highest BCUT2D eigenvalue weighted by Crippen LogP contribution is 2.46. The van der Waals surface area contributed by atoms with Crippen molar-refractivity contribution >= 4 is 34.8 Å². The Bertz CT molecular complexity index is 1430. The molecule has 0 N–H and O–H groups in total. The first kappa shape index (κ1) is 23.5. The van der Waals surface area contributed by atoms with Gasteiger partial charge in [-0.2, -0.15) is 0 Å². The maximum Gasteiger partial charge on any atom is 0.279 e. The number of aryl methyl sites for hydroxylation is 1. The summed E-state index contributed by atoms with van der Waals surface area (Å²) in [5, 5.41) is 1.20. The molecule has 2 heterocycles. The second kappa shape index (κ2) is 9.06. The Morgan fingerprint density at radius 1 is 0.971 bits per heavy atom. The van der Waals surface area contributed by atoms with E-state index in [1.807, 2.05) is 61.5 Å². The van der Waals surface area contributed by atoms with Gasteiger partial charge in [-0.25, -0.2) is 4.98 Å². The molecule has 1 amide bonds. The van der Waals surface area contributed by atoms with E-state index in [4.69, 9.17) is 32.9 Å². The largest absolute Gasteiger partial charge is 0.496 e. The fraction of sp³-hybridized carbons (Fsp3) is 0.214. The Kier molecular flexibility index (Phi) is 6.07. The lowest BCUT2D eigenvalue weighted by molar-refractivity contribution is 0.0989. The molecule has 0 fully saturated rings. The van der Waals surface area contributed by atoms with Crippen LogP contribution in [0.4, 0.5) is 5.69 Å². The van der Waals surface area contributed by atoms with Crippen molar-refractivity contribution in [1.29, 1.82) is 0 Å². The average molecular weight is 506 g/mol. The van der Waals surface area contributed by atoms with E-state index in [0.29, 0.717) is 33.0 Å². The van der Waals surface area contributed by atoms with Crippen LogP contribution in [-0.2, 0) is 0 Å². The number of amides is 1. The highest BCUT2D eigenvalue weighted by Gasteiger charge is 2.44. The van der Waals surface area contributed by atoms with E-state index >= 15 is 0 Å². The van der Waals surface area contributed by atoms with Gasteiger partial charge in [-0.1, -0.05) is 53.0 Å². The lowest BCUT2D eigenvalue weighted by Crippen LogP contribution is -2.30. The molecule has 1 aromatic heterocycles. The normalized spacial score (nSPS) is 15.1. The van der Waals surface area contributed by atoms with Crippen LogP contribution < -0.4 is 9.64 Å². The number of methoxy groups -OCH3 is 1. The van der Waals surface area contributed by atoms with E-state index in [2.05, 4.69) is 18.4 Å².